The summed E-state index contributed by atoms with van der Waals surface area (Å²) < 4.78 is 52.1. The third-order valence-electron chi connectivity index (χ3n) is 5.43. The van der Waals surface area contributed by atoms with E-state index >= 15 is 0 Å². The first-order valence-electron chi connectivity index (χ1n) is 9.62. The van der Waals surface area contributed by atoms with E-state index in [0.717, 1.165) is 23.3 Å². The van der Waals surface area contributed by atoms with E-state index in [2.05, 4.69) is 0 Å². The second-order valence-electron chi connectivity index (χ2n) is 7.36. The summed E-state index contributed by atoms with van der Waals surface area (Å²) in [7, 11) is 0. The highest BCUT2D eigenvalue weighted by Crippen LogP contribution is 2.37. The summed E-state index contributed by atoms with van der Waals surface area (Å²) in [5.41, 5.74) is 2.58. The van der Waals surface area contributed by atoms with Crippen molar-refractivity contribution in [1.29, 1.82) is 0 Å². The quantitative estimate of drug-likeness (QED) is 0.515. The molecule has 0 saturated heterocycles. The maximum Gasteiger partial charge on any atom is 0.416 e. The molecule has 1 aliphatic rings. The summed E-state index contributed by atoms with van der Waals surface area (Å²) in [4.78, 5) is 14.8. The SMILES string of the molecule is O=C(Cc1ccc(F)cc1)N1CCc2ccccc2C1c1ccc(C(F)(F)F)cc1. The molecule has 1 unspecified atom stereocenters. The Morgan fingerprint density at radius 1 is 0.933 bits per heavy atom. The Morgan fingerprint density at radius 3 is 2.27 bits per heavy atom. The Morgan fingerprint density at radius 2 is 1.60 bits per heavy atom. The van der Waals surface area contributed by atoms with Gasteiger partial charge < -0.3 is 4.90 Å². The summed E-state index contributed by atoms with van der Waals surface area (Å²) >= 11 is 0. The van der Waals surface area contributed by atoms with Crippen LogP contribution >= 0.6 is 0 Å². The average Bonchev–Trinajstić information content (AvgIpc) is 2.74. The van der Waals surface area contributed by atoms with Crippen LogP contribution in [0.5, 0.6) is 0 Å². The lowest BCUT2D eigenvalue weighted by Crippen LogP contribution is -2.41. The topological polar surface area (TPSA) is 20.3 Å². The van der Waals surface area contributed by atoms with Gasteiger partial charge in [-0.25, -0.2) is 4.39 Å². The van der Waals surface area contributed by atoms with Gasteiger partial charge in [-0.2, -0.15) is 13.2 Å². The molecule has 4 rings (SSSR count). The Labute approximate surface area is 171 Å². The molecule has 0 spiro atoms. The number of fused-ring (bicyclic) bond motifs is 1. The van der Waals surface area contributed by atoms with E-state index in [9.17, 15) is 22.4 Å². The van der Waals surface area contributed by atoms with Gasteiger partial charge in [0.15, 0.2) is 0 Å². The monoisotopic (exact) mass is 413 g/mol. The molecule has 6 heteroatoms. The van der Waals surface area contributed by atoms with Gasteiger partial charge in [-0.3, -0.25) is 4.79 Å². The number of amides is 1. The van der Waals surface area contributed by atoms with E-state index in [0.29, 0.717) is 24.1 Å². The van der Waals surface area contributed by atoms with Crippen molar-refractivity contribution >= 4 is 5.91 Å². The number of hydrogen-bond acceptors (Lipinski definition) is 1. The van der Waals surface area contributed by atoms with Crippen molar-refractivity contribution in [2.45, 2.75) is 25.1 Å². The fraction of sp³-hybridized carbons (Fsp3) is 0.208. The van der Waals surface area contributed by atoms with Crippen molar-refractivity contribution in [3.8, 4) is 0 Å². The molecule has 154 valence electrons. The van der Waals surface area contributed by atoms with Crippen LogP contribution in [-0.2, 0) is 23.8 Å². The first-order chi connectivity index (χ1) is 14.3. The molecule has 3 aromatic carbocycles. The maximum atomic E-state index is 13.2. The number of carbonyl (C=O) groups is 1. The molecule has 1 aliphatic heterocycles. The molecule has 0 radical (unpaired) electrons. The van der Waals surface area contributed by atoms with Gasteiger partial charge in [-0.1, -0.05) is 48.5 Å². The van der Waals surface area contributed by atoms with Crippen LogP contribution < -0.4 is 0 Å². The Hall–Kier alpha value is -3.15. The van der Waals surface area contributed by atoms with Crippen molar-refractivity contribution in [3.05, 3.63) is 106 Å². The van der Waals surface area contributed by atoms with Crippen molar-refractivity contribution < 1.29 is 22.4 Å². The number of carbonyl (C=O) groups excluding carboxylic acids is 1. The van der Waals surface area contributed by atoms with Crippen LogP contribution in [-0.4, -0.2) is 17.4 Å². The van der Waals surface area contributed by atoms with Crippen molar-refractivity contribution in [1.82, 2.24) is 4.90 Å². The molecule has 30 heavy (non-hydrogen) atoms. The zero-order valence-electron chi connectivity index (χ0n) is 16.0. The highest BCUT2D eigenvalue weighted by molar-refractivity contribution is 5.80. The highest BCUT2D eigenvalue weighted by atomic mass is 19.4. The lowest BCUT2D eigenvalue weighted by molar-refractivity contribution is -0.137. The lowest BCUT2D eigenvalue weighted by Gasteiger charge is -2.38. The number of nitrogens with zero attached hydrogens (tertiary/aromatic N) is 1. The minimum Gasteiger partial charge on any atom is -0.331 e. The van der Waals surface area contributed by atoms with Crippen molar-refractivity contribution in [2.24, 2.45) is 0 Å². The van der Waals surface area contributed by atoms with Gasteiger partial charge in [0, 0.05) is 6.54 Å². The Balaban J connectivity index is 1.68. The predicted octanol–water partition coefficient (Wildman–Crippen LogP) is 5.56. The standard InChI is InChI=1S/C24H19F4NO/c25-20-11-5-16(6-12-20)15-22(30)29-14-13-17-3-1-2-4-21(17)23(29)18-7-9-19(10-8-18)24(26,27)28/h1-12,23H,13-15H2. The number of rotatable bonds is 3. The van der Waals surface area contributed by atoms with E-state index in [4.69, 9.17) is 0 Å². The third-order valence-corrected chi connectivity index (χ3v) is 5.43. The summed E-state index contributed by atoms with van der Waals surface area (Å²) in [5.74, 6) is -0.526. The van der Waals surface area contributed by atoms with Crippen molar-refractivity contribution in [3.63, 3.8) is 0 Å². The first kappa shape index (κ1) is 20.1. The van der Waals surface area contributed by atoms with Crippen LogP contribution in [0.25, 0.3) is 0 Å². The lowest BCUT2D eigenvalue weighted by atomic mass is 9.87. The van der Waals surface area contributed by atoms with Crippen molar-refractivity contribution in [2.75, 3.05) is 6.54 Å². The Bertz CT molecular complexity index is 1040. The molecule has 0 aliphatic carbocycles. The molecular formula is C24H19F4NO. The van der Waals surface area contributed by atoms with Gasteiger partial charge in [0.05, 0.1) is 18.0 Å². The Kier molecular flexibility index (Phi) is 5.33. The van der Waals surface area contributed by atoms with Crippen LogP contribution in [0.2, 0.25) is 0 Å². The average molecular weight is 413 g/mol. The van der Waals surface area contributed by atoms with Crippen LogP contribution in [0, 0.1) is 5.82 Å². The fourth-order valence-electron chi connectivity index (χ4n) is 3.93. The zero-order valence-corrected chi connectivity index (χ0v) is 16.0. The molecule has 3 aromatic rings. The maximum absolute atomic E-state index is 13.2. The van der Waals surface area contributed by atoms with E-state index in [1.165, 1.54) is 24.3 Å². The van der Waals surface area contributed by atoms with E-state index in [-0.39, 0.29) is 18.1 Å². The van der Waals surface area contributed by atoms with Crippen LogP contribution in [0.15, 0.2) is 72.8 Å². The van der Waals surface area contributed by atoms with Gasteiger partial charge in [0.2, 0.25) is 5.91 Å². The number of benzene rings is 3. The smallest absolute Gasteiger partial charge is 0.331 e. The molecular weight excluding hydrogens is 394 g/mol. The largest absolute Gasteiger partial charge is 0.416 e. The summed E-state index contributed by atoms with van der Waals surface area (Å²) in [6.07, 6.45) is -3.65. The molecule has 0 N–H and O–H groups in total. The second kappa shape index (κ2) is 7.94. The molecule has 0 saturated carbocycles. The minimum atomic E-state index is -4.42. The number of alkyl halides is 3. The van der Waals surface area contributed by atoms with Gasteiger partial charge in [0.25, 0.3) is 0 Å². The van der Waals surface area contributed by atoms with Crippen LogP contribution in [0.3, 0.4) is 0 Å². The van der Waals surface area contributed by atoms with Gasteiger partial charge in [-0.05, 0) is 52.9 Å². The molecule has 2 nitrogen and oxygen atoms in total. The predicted molar refractivity (Wildman–Crippen MR) is 105 cm³/mol. The number of halogens is 4. The molecule has 1 atom stereocenters. The fourth-order valence-corrected chi connectivity index (χ4v) is 3.93. The highest BCUT2D eigenvalue weighted by Gasteiger charge is 2.34. The molecule has 1 amide bonds. The first-order valence-corrected chi connectivity index (χ1v) is 9.62. The minimum absolute atomic E-state index is 0.0968. The molecule has 0 bridgehead atoms. The zero-order chi connectivity index (χ0) is 21.3. The van der Waals surface area contributed by atoms with E-state index < -0.39 is 17.8 Å². The normalized spacial score (nSPS) is 16.3. The van der Waals surface area contributed by atoms with Gasteiger partial charge >= 0.3 is 6.18 Å². The van der Waals surface area contributed by atoms with E-state index in [1.54, 1.807) is 17.0 Å². The molecule has 0 aromatic heterocycles. The summed E-state index contributed by atoms with van der Waals surface area (Å²) in [6, 6.07) is 17.9. The number of hydrogen-bond donors (Lipinski definition) is 0. The summed E-state index contributed by atoms with van der Waals surface area (Å²) in [6.45, 7) is 0.461. The second-order valence-corrected chi connectivity index (χ2v) is 7.36. The molecule has 1 heterocycles. The van der Waals surface area contributed by atoms with E-state index in [1.807, 2.05) is 24.3 Å². The van der Waals surface area contributed by atoms with Crippen LogP contribution in [0.1, 0.15) is 33.9 Å². The third kappa shape index (κ3) is 4.08. The van der Waals surface area contributed by atoms with Gasteiger partial charge in [0.1, 0.15) is 5.82 Å². The van der Waals surface area contributed by atoms with Crippen LogP contribution in [0.4, 0.5) is 17.6 Å². The molecule has 0 fully saturated rings. The summed E-state index contributed by atoms with van der Waals surface area (Å²) in [5, 5.41) is 0. The van der Waals surface area contributed by atoms with Gasteiger partial charge in [-0.15, -0.1) is 0 Å².